The van der Waals surface area contributed by atoms with Gasteiger partial charge in [0.1, 0.15) is 5.92 Å². The van der Waals surface area contributed by atoms with Crippen LogP contribution in [0, 0.1) is 0 Å². The summed E-state index contributed by atoms with van der Waals surface area (Å²) >= 11 is 3.28. The Kier molecular flexibility index (Phi) is 4.94. The third-order valence-corrected chi connectivity index (χ3v) is 4.37. The van der Waals surface area contributed by atoms with Crippen molar-refractivity contribution in [3.05, 3.63) is 58.3 Å². The van der Waals surface area contributed by atoms with E-state index in [0.29, 0.717) is 27.8 Å². The summed E-state index contributed by atoms with van der Waals surface area (Å²) < 4.78 is 0.648. The van der Waals surface area contributed by atoms with Crippen LogP contribution >= 0.6 is 15.9 Å². The number of hydrogen-bond acceptors (Lipinski definition) is 4. The van der Waals surface area contributed by atoms with Gasteiger partial charge in [0.05, 0.1) is 5.69 Å². The number of imide groups is 1. The van der Waals surface area contributed by atoms with E-state index in [2.05, 4.69) is 26.2 Å². The van der Waals surface area contributed by atoms with Crippen LogP contribution in [-0.2, 0) is 4.79 Å². The number of halogens is 1. The maximum atomic E-state index is 12.9. The topological polar surface area (TPSA) is 79.4 Å². The average molecular weight is 402 g/mol. The van der Waals surface area contributed by atoms with Crippen LogP contribution in [-0.4, -0.2) is 29.3 Å². The smallest absolute Gasteiger partial charge is 0.328 e. The molecule has 128 valence electrons. The van der Waals surface area contributed by atoms with Crippen LogP contribution in [0.4, 0.5) is 10.5 Å². The number of ketones is 1. The Morgan fingerprint density at radius 3 is 2.76 bits per heavy atom. The van der Waals surface area contributed by atoms with Gasteiger partial charge >= 0.3 is 6.03 Å². The van der Waals surface area contributed by atoms with Gasteiger partial charge in [-0.15, -0.1) is 0 Å². The fourth-order valence-electron chi connectivity index (χ4n) is 2.80. The van der Waals surface area contributed by atoms with Crippen molar-refractivity contribution < 1.29 is 14.4 Å². The number of benzene rings is 1. The third-order valence-electron chi connectivity index (χ3n) is 3.94. The van der Waals surface area contributed by atoms with E-state index >= 15 is 0 Å². The van der Waals surface area contributed by atoms with Gasteiger partial charge in [-0.05, 0) is 40.0 Å². The molecule has 25 heavy (non-hydrogen) atoms. The van der Waals surface area contributed by atoms with Gasteiger partial charge in [-0.1, -0.05) is 25.1 Å². The first-order valence-electron chi connectivity index (χ1n) is 7.90. The molecule has 1 unspecified atom stereocenters. The second kappa shape index (κ2) is 7.14. The van der Waals surface area contributed by atoms with Crippen molar-refractivity contribution in [3.8, 4) is 0 Å². The second-order valence-electron chi connectivity index (χ2n) is 5.65. The Balaban J connectivity index is 2.00. The minimum Gasteiger partial charge on any atom is -0.337 e. The minimum absolute atomic E-state index is 0.318. The summed E-state index contributed by atoms with van der Waals surface area (Å²) in [5, 5.41) is 2.69. The van der Waals surface area contributed by atoms with E-state index in [1.807, 2.05) is 6.92 Å². The number of carbonyl (C=O) groups excluding carboxylic acids is 3. The molecule has 0 bridgehead atoms. The van der Waals surface area contributed by atoms with E-state index in [1.165, 1.54) is 6.20 Å². The van der Waals surface area contributed by atoms with E-state index in [0.717, 1.165) is 11.3 Å². The van der Waals surface area contributed by atoms with Crippen LogP contribution in [0.3, 0.4) is 0 Å². The number of para-hydroxylation sites is 1. The molecule has 3 rings (SSSR count). The summed E-state index contributed by atoms with van der Waals surface area (Å²) in [4.78, 5) is 43.2. The Morgan fingerprint density at radius 1 is 1.28 bits per heavy atom. The lowest BCUT2D eigenvalue weighted by atomic mass is 9.92. The zero-order chi connectivity index (χ0) is 18.0. The summed E-state index contributed by atoms with van der Waals surface area (Å²) in [5.74, 6) is -1.96. The number of amides is 3. The highest BCUT2D eigenvalue weighted by Crippen LogP contribution is 2.39. The number of aromatic nitrogens is 1. The molecule has 1 atom stereocenters. The summed E-state index contributed by atoms with van der Waals surface area (Å²) in [6.45, 7) is 2.38. The zero-order valence-corrected chi connectivity index (χ0v) is 15.1. The van der Waals surface area contributed by atoms with Crippen molar-refractivity contribution in [2.75, 3.05) is 11.4 Å². The lowest BCUT2D eigenvalue weighted by Crippen LogP contribution is -2.43. The molecule has 0 aliphatic carbocycles. The fraction of sp³-hybridized carbons (Fsp3) is 0.222. The van der Waals surface area contributed by atoms with E-state index in [1.54, 1.807) is 36.5 Å². The molecular weight excluding hydrogens is 386 g/mol. The molecule has 0 saturated heterocycles. The van der Waals surface area contributed by atoms with Crippen LogP contribution in [0.25, 0.3) is 0 Å². The van der Waals surface area contributed by atoms with Crippen molar-refractivity contribution in [1.82, 2.24) is 10.3 Å². The number of hydrogen-bond donors (Lipinski definition) is 1. The lowest BCUT2D eigenvalue weighted by molar-refractivity contribution is -0.117. The molecule has 7 heteroatoms. The largest absolute Gasteiger partial charge is 0.337 e. The summed E-state index contributed by atoms with van der Waals surface area (Å²) in [7, 11) is 0. The molecule has 0 fully saturated rings. The van der Waals surface area contributed by atoms with Gasteiger partial charge in [0.2, 0.25) is 0 Å². The van der Waals surface area contributed by atoms with Crippen LogP contribution < -0.4 is 10.2 Å². The molecule has 1 N–H and O–H groups in total. The highest BCUT2D eigenvalue weighted by molar-refractivity contribution is 9.10. The maximum absolute atomic E-state index is 12.9. The first kappa shape index (κ1) is 17.3. The SMILES string of the molecule is CCCNC(=O)N1C(=O)C(C(=O)c2cncc(Br)c2)c2ccccc21. The van der Waals surface area contributed by atoms with Crippen molar-refractivity contribution in [2.24, 2.45) is 0 Å². The number of anilines is 1. The standard InChI is InChI=1S/C18H16BrN3O3/c1-2-7-21-18(25)22-14-6-4-3-5-13(14)15(17(22)24)16(23)11-8-12(19)10-20-9-11/h3-6,8-10,15H,2,7H2,1H3,(H,21,25). The monoisotopic (exact) mass is 401 g/mol. The number of rotatable bonds is 4. The highest BCUT2D eigenvalue weighted by Gasteiger charge is 2.44. The lowest BCUT2D eigenvalue weighted by Gasteiger charge is -2.16. The second-order valence-corrected chi connectivity index (χ2v) is 6.57. The fourth-order valence-corrected chi connectivity index (χ4v) is 3.17. The summed E-state index contributed by atoms with van der Waals surface area (Å²) in [6, 6.07) is 7.96. The Hall–Kier alpha value is -2.54. The number of pyridine rings is 1. The molecule has 2 heterocycles. The Bertz CT molecular complexity index is 853. The normalized spacial score (nSPS) is 15.8. The molecule has 0 radical (unpaired) electrons. The van der Waals surface area contributed by atoms with Crippen molar-refractivity contribution in [1.29, 1.82) is 0 Å². The van der Waals surface area contributed by atoms with Gasteiger partial charge in [-0.25, -0.2) is 9.69 Å². The highest BCUT2D eigenvalue weighted by atomic mass is 79.9. The van der Waals surface area contributed by atoms with E-state index in [4.69, 9.17) is 0 Å². The quantitative estimate of drug-likeness (QED) is 0.629. The van der Waals surface area contributed by atoms with E-state index < -0.39 is 17.9 Å². The molecule has 1 aromatic carbocycles. The molecule has 3 amide bonds. The first-order valence-corrected chi connectivity index (χ1v) is 8.69. The van der Waals surface area contributed by atoms with Gasteiger partial charge in [0.25, 0.3) is 5.91 Å². The van der Waals surface area contributed by atoms with Gasteiger partial charge in [-0.2, -0.15) is 0 Å². The van der Waals surface area contributed by atoms with Crippen LogP contribution in [0.2, 0.25) is 0 Å². The zero-order valence-electron chi connectivity index (χ0n) is 13.5. The number of Topliss-reactive ketones (excluding diaryl/α,β-unsaturated/α-hetero) is 1. The molecule has 6 nitrogen and oxygen atoms in total. The number of fused-ring (bicyclic) bond motifs is 1. The predicted octanol–water partition coefficient (Wildman–Crippen LogP) is 3.28. The Morgan fingerprint density at radius 2 is 2.04 bits per heavy atom. The third kappa shape index (κ3) is 3.19. The number of urea groups is 1. The van der Waals surface area contributed by atoms with Crippen molar-refractivity contribution in [3.63, 3.8) is 0 Å². The Labute approximate surface area is 153 Å². The van der Waals surface area contributed by atoms with Crippen LogP contribution in [0.15, 0.2) is 47.2 Å². The van der Waals surface area contributed by atoms with Gasteiger partial charge in [0, 0.05) is 29.0 Å². The van der Waals surface area contributed by atoms with Crippen molar-refractivity contribution >= 4 is 39.3 Å². The molecule has 0 spiro atoms. The molecule has 1 aliphatic rings. The number of nitrogens with zero attached hydrogens (tertiary/aromatic N) is 2. The number of carbonyl (C=O) groups is 3. The van der Waals surface area contributed by atoms with Crippen LogP contribution in [0.5, 0.6) is 0 Å². The van der Waals surface area contributed by atoms with Gasteiger partial charge in [0.15, 0.2) is 5.78 Å². The van der Waals surface area contributed by atoms with E-state index in [-0.39, 0.29) is 5.78 Å². The van der Waals surface area contributed by atoms with E-state index in [9.17, 15) is 14.4 Å². The molecule has 0 saturated carbocycles. The average Bonchev–Trinajstić information content (AvgIpc) is 2.91. The van der Waals surface area contributed by atoms with Gasteiger partial charge < -0.3 is 5.32 Å². The number of nitrogens with one attached hydrogen (secondary N) is 1. The molecule has 1 aromatic heterocycles. The predicted molar refractivity (Wildman–Crippen MR) is 96.6 cm³/mol. The molecule has 2 aromatic rings. The van der Waals surface area contributed by atoms with Crippen LogP contribution in [0.1, 0.15) is 35.2 Å². The summed E-state index contributed by atoms with van der Waals surface area (Å²) in [5.41, 5.74) is 1.30. The molecular formula is C18H16BrN3O3. The first-order chi connectivity index (χ1) is 12.0. The van der Waals surface area contributed by atoms with Gasteiger partial charge in [-0.3, -0.25) is 14.6 Å². The molecule has 1 aliphatic heterocycles. The maximum Gasteiger partial charge on any atom is 0.328 e. The minimum atomic E-state index is -1.04. The van der Waals surface area contributed by atoms with Crippen molar-refractivity contribution in [2.45, 2.75) is 19.3 Å². The summed E-state index contributed by atoms with van der Waals surface area (Å²) in [6.07, 6.45) is 3.73.